The van der Waals surface area contributed by atoms with Gasteiger partial charge < -0.3 is 4.74 Å². The van der Waals surface area contributed by atoms with E-state index in [1.165, 1.54) is 25.7 Å². The van der Waals surface area contributed by atoms with Crippen molar-refractivity contribution in [1.29, 1.82) is 0 Å². The van der Waals surface area contributed by atoms with Crippen LogP contribution in [0.2, 0.25) is 0 Å². The number of nitrogens with one attached hydrogen (secondary N) is 1. The third-order valence-corrected chi connectivity index (χ3v) is 5.71. The minimum Gasteiger partial charge on any atom is -0.497 e. The molecular formula is C25H21F2N7O2. The highest BCUT2D eigenvalue weighted by Gasteiger charge is 2.22. The number of halogens is 2. The molecule has 0 bridgehead atoms. The predicted molar refractivity (Wildman–Crippen MR) is 128 cm³/mol. The van der Waals surface area contributed by atoms with E-state index >= 15 is 0 Å². The van der Waals surface area contributed by atoms with Crippen LogP contribution in [0.25, 0.3) is 16.9 Å². The normalized spacial score (nSPS) is 11.2. The Morgan fingerprint density at radius 1 is 1.14 bits per heavy atom. The van der Waals surface area contributed by atoms with Crippen molar-refractivity contribution in [3.05, 3.63) is 89.5 Å². The van der Waals surface area contributed by atoms with Crippen LogP contribution in [0.3, 0.4) is 0 Å². The van der Waals surface area contributed by atoms with Crippen LogP contribution in [0, 0.1) is 6.92 Å². The van der Waals surface area contributed by atoms with Crippen molar-refractivity contribution in [2.75, 3.05) is 12.4 Å². The minimum atomic E-state index is -2.83. The molecule has 0 atom stereocenters. The molecule has 36 heavy (non-hydrogen) atoms. The Hall–Kier alpha value is -4.67. The number of benzene rings is 2. The van der Waals surface area contributed by atoms with E-state index < -0.39 is 12.3 Å². The number of rotatable bonds is 7. The highest BCUT2D eigenvalue weighted by Crippen LogP contribution is 2.28. The van der Waals surface area contributed by atoms with Crippen LogP contribution < -0.4 is 10.1 Å². The fourth-order valence-electron chi connectivity index (χ4n) is 3.77. The van der Waals surface area contributed by atoms with Gasteiger partial charge in [0.15, 0.2) is 5.65 Å². The van der Waals surface area contributed by atoms with Crippen LogP contribution in [-0.4, -0.2) is 42.4 Å². The van der Waals surface area contributed by atoms with Crippen molar-refractivity contribution in [2.45, 2.75) is 19.9 Å². The molecule has 3 heterocycles. The average molecular weight is 489 g/mol. The summed E-state index contributed by atoms with van der Waals surface area (Å²) in [6, 6.07) is 15.9. The van der Waals surface area contributed by atoms with Gasteiger partial charge in [-0.3, -0.25) is 10.1 Å². The fourth-order valence-corrected chi connectivity index (χ4v) is 3.77. The number of hydrogen-bond donors (Lipinski definition) is 1. The van der Waals surface area contributed by atoms with E-state index in [1.807, 2.05) is 31.2 Å². The number of amides is 1. The van der Waals surface area contributed by atoms with Gasteiger partial charge in [-0.25, -0.2) is 27.9 Å². The quantitative estimate of drug-likeness (QED) is 0.360. The lowest BCUT2D eigenvalue weighted by Gasteiger charge is -2.09. The van der Waals surface area contributed by atoms with E-state index in [1.54, 1.807) is 28.9 Å². The van der Waals surface area contributed by atoms with E-state index in [9.17, 15) is 13.6 Å². The summed E-state index contributed by atoms with van der Waals surface area (Å²) in [5.41, 5.74) is 2.67. The summed E-state index contributed by atoms with van der Waals surface area (Å²) in [6.45, 7) is 2.48. The molecule has 1 amide bonds. The third-order valence-electron chi connectivity index (χ3n) is 5.71. The van der Waals surface area contributed by atoms with Gasteiger partial charge in [0, 0.05) is 5.56 Å². The molecule has 3 aromatic heterocycles. The van der Waals surface area contributed by atoms with Gasteiger partial charge >= 0.3 is 0 Å². The zero-order chi connectivity index (χ0) is 25.2. The summed E-state index contributed by atoms with van der Waals surface area (Å²) in [6.07, 6.45) is -0.124. The van der Waals surface area contributed by atoms with E-state index in [0.717, 1.165) is 15.6 Å². The second-order valence-corrected chi connectivity index (χ2v) is 8.04. The number of aromatic nitrogens is 6. The Balaban J connectivity index is 1.44. The molecule has 0 saturated carbocycles. The number of ether oxygens (including phenoxy) is 1. The van der Waals surface area contributed by atoms with E-state index in [0.29, 0.717) is 17.9 Å². The van der Waals surface area contributed by atoms with Crippen molar-refractivity contribution in [1.82, 2.24) is 29.4 Å². The predicted octanol–water partition coefficient (Wildman–Crippen LogP) is 4.54. The second-order valence-electron chi connectivity index (χ2n) is 8.04. The van der Waals surface area contributed by atoms with Gasteiger partial charge in [0.25, 0.3) is 12.3 Å². The van der Waals surface area contributed by atoms with Crippen molar-refractivity contribution >= 4 is 17.5 Å². The number of alkyl halides is 2. The van der Waals surface area contributed by atoms with Crippen molar-refractivity contribution in [2.24, 2.45) is 0 Å². The Morgan fingerprint density at radius 3 is 2.64 bits per heavy atom. The minimum absolute atomic E-state index is 0.00420. The van der Waals surface area contributed by atoms with Crippen LogP contribution in [-0.2, 0) is 6.54 Å². The van der Waals surface area contributed by atoms with Crippen LogP contribution in [0.4, 0.5) is 14.7 Å². The molecular weight excluding hydrogens is 468 g/mol. The third kappa shape index (κ3) is 4.50. The number of methoxy groups -OCH3 is 1. The Kier molecular flexibility index (Phi) is 6.11. The number of carbonyl (C=O) groups excluding carboxylic acids is 1. The van der Waals surface area contributed by atoms with Crippen LogP contribution >= 0.6 is 0 Å². The van der Waals surface area contributed by atoms with Crippen molar-refractivity contribution in [3.63, 3.8) is 0 Å². The van der Waals surface area contributed by atoms with Crippen molar-refractivity contribution < 1.29 is 18.3 Å². The summed E-state index contributed by atoms with van der Waals surface area (Å²) in [7, 11) is 1.53. The maximum atomic E-state index is 13.8. The van der Waals surface area contributed by atoms with Crippen LogP contribution in [0.15, 0.2) is 67.1 Å². The molecule has 5 aromatic rings. The van der Waals surface area contributed by atoms with Gasteiger partial charge in [0.05, 0.1) is 25.5 Å². The lowest BCUT2D eigenvalue weighted by atomic mass is 10.1. The Bertz CT molecular complexity index is 1540. The second kappa shape index (κ2) is 9.53. The van der Waals surface area contributed by atoms with Gasteiger partial charge in [-0.1, -0.05) is 24.3 Å². The molecule has 0 aliphatic rings. The molecule has 0 radical (unpaired) electrons. The highest BCUT2D eigenvalue weighted by atomic mass is 19.3. The average Bonchev–Trinajstić information content (AvgIpc) is 3.51. The Morgan fingerprint density at radius 2 is 1.92 bits per heavy atom. The first-order valence-electron chi connectivity index (χ1n) is 11.0. The van der Waals surface area contributed by atoms with Crippen LogP contribution in [0.1, 0.15) is 33.6 Å². The molecule has 1 N–H and O–H groups in total. The van der Waals surface area contributed by atoms with Gasteiger partial charge in [0.2, 0.25) is 5.95 Å². The van der Waals surface area contributed by atoms with Gasteiger partial charge in [-0.05, 0) is 48.4 Å². The smallest absolute Gasteiger partial charge is 0.280 e. The van der Waals surface area contributed by atoms with Crippen molar-refractivity contribution in [3.8, 4) is 17.0 Å². The number of anilines is 1. The molecule has 2 aromatic carbocycles. The molecule has 0 unspecified atom stereocenters. The van der Waals surface area contributed by atoms with E-state index in [2.05, 4.69) is 25.5 Å². The standard InChI is InChI=1S/C25H21F2N7O2/c1-15-5-3-4-6-17(15)13-33-14-28-25(32-33)31-24(35)19-12-29-34-21(22(26)27)11-20(30-23(19)34)16-7-9-18(36-2)10-8-16/h3-12,14,22H,13H2,1-2H3,(H,31,32,35). The zero-order valence-electron chi connectivity index (χ0n) is 19.4. The number of nitrogens with zero attached hydrogens (tertiary/aromatic N) is 6. The summed E-state index contributed by atoms with van der Waals surface area (Å²) >= 11 is 0. The topological polar surface area (TPSA) is 99.2 Å². The van der Waals surface area contributed by atoms with E-state index in [-0.39, 0.29) is 28.5 Å². The fraction of sp³-hybridized carbons (Fsp3) is 0.160. The first-order valence-corrected chi connectivity index (χ1v) is 11.0. The molecule has 0 spiro atoms. The number of aryl methyl sites for hydroxylation is 1. The maximum absolute atomic E-state index is 13.8. The lowest BCUT2D eigenvalue weighted by molar-refractivity contribution is 0.102. The molecule has 0 fully saturated rings. The number of hydrogen-bond acceptors (Lipinski definition) is 6. The maximum Gasteiger partial charge on any atom is 0.280 e. The SMILES string of the molecule is COc1ccc(-c2cc(C(F)F)n3ncc(C(=O)Nc4ncn(Cc5ccccc5C)n4)c3n2)cc1. The molecule has 0 aliphatic heterocycles. The monoisotopic (exact) mass is 489 g/mol. The molecule has 182 valence electrons. The highest BCUT2D eigenvalue weighted by molar-refractivity contribution is 6.07. The number of carbonyl (C=O) groups is 1. The summed E-state index contributed by atoms with van der Waals surface area (Å²) in [5, 5.41) is 10.9. The number of fused-ring (bicyclic) bond motifs is 1. The van der Waals surface area contributed by atoms with Crippen LogP contribution in [0.5, 0.6) is 5.75 Å². The molecule has 0 saturated heterocycles. The summed E-state index contributed by atoms with van der Waals surface area (Å²) in [4.78, 5) is 21.6. The first-order chi connectivity index (χ1) is 17.4. The largest absolute Gasteiger partial charge is 0.497 e. The Labute approximate surface area is 204 Å². The van der Waals surface area contributed by atoms with E-state index in [4.69, 9.17) is 4.74 Å². The molecule has 5 rings (SSSR count). The lowest BCUT2D eigenvalue weighted by Crippen LogP contribution is -2.14. The molecule has 11 heteroatoms. The zero-order valence-corrected chi connectivity index (χ0v) is 19.4. The van der Waals surface area contributed by atoms with Gasteiger partial charge in [-0.15, -0.1) is 5.10 Å². The summed E-state index contributed by atoms with van der Waals surface area (Å²) < 4.78 is 35.4. The van der Waals surface area contributed by atoms with Gasteiger partial charge in [0.1, 0.15) is 23.3 Å². The molecule has 0 aliphatic carbocycles. The van der Waals surface area contributed by atoms with Gasteiger partial charge in [-0.2, -0.15) is 5.10 Å². The molecule has 9 nitrogen and oxygen atoms in total. The summed E-state index contributed by atoms with van der Waals surface area (Å²) in [5.74, 6) is 0.0826. The first kappa shape index (κ1) is 23.1.